The second kappa shape index (κ2) is 6.05. The second-order valence-electron chi connectivity index (χ2n) is 3.98. The minimum atomic E-state index is 1.07. The van der Waals surface area contributed by atoms with Crippen LogP contribution >= 0.6 is 27.7 Å². The molecule has 88 valence electrons. The highest BCUT2D eigenvalue weighted by atomic mass is 79.9. The Hall–Kier alpha value is -0.0300. The number of benzene rings is 1. The van der Waals surface area contributed by atoms with Crippen molar-refractivity contribution in [2.45, 2.75) is 11.4 Å². The van der Waals surface area contributed by atoms with Gasteiger partial charge in [0.1, 0.15) is 0 Å². The molecule has 0 radical (unpaired) electrons. The maximum Gasteiger partial charge on any atom is 0.0246 e. The lowest BCUT2D eigenvalue weighted by atomic mass is 10.2. The average Bonchev–Trinajstić information content (AvgIpc) is 2.31. The number of hydrogen-bond donors (Lipinski definition) is 1. The van der Waals surface area contributed by atoms with Crippen molar-refractivity contribution in [1.82, 2.24) is 10.2 Å². The van der Waals surface area contributed by atoms with Gasteiger partial charge in [-0.05, 0) is 30.0 Å². The van der Waals surface area contributed by atoms with Crippen LogP contribution in [-0.2, 0) is 6.54 Å². The quantitative estimate of drug-likeness (QED) is 0.864. The fourth-order valence-electron chi connectivity index (χ4n) is 1.98. The Balaban J connectivity index is 2.09. The summed E-state index contributed by atoms with van der Waals surface area (Å²) in [7, 11) is 0. The van der Waals surface area contributed by atoms with E-state index in [9.17, 15) is 0 Å². The van der Waals surface area contributed by atoms with Crippen LogP contribution in [-0.4, -0.2) is 37.3 Å². The first kappa shape index (κ1) is 12.4. The molecule has 0 saturated carbocycles. The monoisotopic (exact) mass is 300 g/mol. The summed E-state index contributed by atoms with van der Waals surface area (Å²) in [5.74, 6) is 0. The van der Waals surface area contributed by atoms with E-state index < -0.39 is 0 Å². The van der Waals surface area contributed by atoms with Gasteiger partial charge in [-0.25, -0.2) is 0 Å². The van der Waals surface area contributed by atoms with Crippen molar-refractivity contribution in [3.63, 3.8) is 0 Å². The van der Waals surface area contributed by atoms with Gasteiger partial charge in [0.2, 0.25) is 0 Å². The highest BCUT2D eigenvalue weighted by Crippen LogP contribution is 2.25. The summed E-state index contributed by atoms with van der Waals surface area (Å²) in [6, 6.07) is 6.56. The Morgan fingerprint density at radius 2 is 2.12 bits per heavy atom. The van der Waals surface area contributed by atoms with Gasteiger partial charge in [0.15, 0.2) is 0 Å². The molecule has 2 nitrogen and oxygen atoms in total. The molecule has 0 spiro atoms. The molecule has 1 aromatic carbocycles. The molecule has 1 fully saturated rings. The molecule has 0 aromatic heterocycles. The van der Waals surface area contributed by atoms with Gasteiger partial charge in [0, 0.05) is 42.1 Å². The molecule has 1 aromatic rings. The summed E-state index contributed by atoms with van der Waals surface area (Å²) in [4.78, 5) is 3.90. The van der Waals surface area contributed by atoms with Gasteiger partial charge in [-0.2, -0.15) is 0 Å². The van der Waals surface area contributed by atoms with E-state index in [2.05, 4.69) is 50.6 Å². The van der Waals surface area contributed by atoms with Crippen molar-refractivity contribution in [2.75, 3.05) is 32.4 Å². The standard InChI is InChI=1S/C12H17BrN2S/c1-16-12-3-2-11(13)8-10(12)9-15-6-4-14-5-7-15/h2-3,8,14H,4-7,9H2,1H3. The Bertz CT molecular complexity index is 351. The molecule has 1 aliphatic rings. The Morgan fingerprint density at radius 3 is 2.81 bits per heavy atom. The number of hydrogen-bond acceptors (Lipinski definition) is 3. The van der Waals surface area contributed by atoms with Crippen LogP contribution in [0.4, 0.5) is 0 Å². The molecule has 1 heterocycles. The molecule has 1 N–H and O–H groups in total. The van der Waals surface area contributed by atoms with Crippen LogP contribution in [0.2, 0.25) is 0 Å². The lowest BCUT2D eigenvalue weighted by Gasteiger charge is -2.27. The zero-order valence-electron chi connectivity index (χ0n) is 9.50. The lowest BCUT2D eigenvalue weighted by Crippen LogP contribution is -2.42. The van der Waals surface area contributed by atoms with Crippen LogP contribution in [0.15, 0.2) is 27.6 Å². The number of nitrogens with zero attached hydrogens (tertiary/aromatic N) is 1. The van der Waals surface area contributed by atoms with Gasteiger partial charge in [-0.15, -0.1) is 11.8 Å². The normalized spacial score (nSPS) is 17.6. The molecule has 1 saturated heterocycles. The van der Waals surface area contributed by atoms with E-state index in [0.717, 1.165) is 32.7 Å². The van der Waals surface area contributed by atoms with Crippen molar-refractivity contribution in [1.29, 1.82) is 0 Å². The zero-order valence-corrected chi connectivity index (χ0v) is 11.9. The third-order valence-electron chi connectivity index (χ3n) is 2.85. The number of rotatable bonds is 3. The smallest absolute Gasteiger partial charge is 0.0246 e. The molecule has 0 aliphatic carbocycles. The van der Waals surface area contributed by atoms with E-state index in [1.165, 1.54) is 14.9 Å². The summed E-state index contributed by atoms with van der Waals surface area (Å²) in [5.41, 5.74) is 1.43. The second-order valence-corrected chi connectivity index (χ2v) is 5.75. The first-order valence-electron chi connectivity index (χ1n) is 5.55. The number of thioether (sulfide) groups is 1. The van der Waals surface area contributed by atoms with Gasteiger partial charge < -0.3 is 5.32 Å². The molecule has 0 atom stereocenters. The highest BCUT2D eigenvalue weighted by molar-refractivity contribution is 9.10. The van der Waals surface area contributed by atoms with E-state index >= 15 is 0 Å². The molecular formula is C12H17BrN2S. The first-order chi connectivity index (χ1) is 7.79. The van der Waals surface area contributed by atoms with Crippen LogP contribution in [0.25, 0.3) is 0 Å². The van der Waals surface area contributed by atoms with Gasteiger partial charge >= 0.3 is 0 Å². The third-order valence-corrected chi connectivity index (χ3v) is 4.18. The lowest BCUT2D eigenvalue weighted by molar-refractivity contribution is 0.232. The van der Waals surface area contributed by atoms with Crippen LogP contribution in [0.5, 0.6) is 0 Å². The van der Waals surface area contributed by atoms with Gasteiger partial charge in [0.25, 0.3) is 0 Å². The predicted molar refractivity (Wildman–Crippen MR) is 74.1 cm³/mol. The Kier molecular flexibility index (Phi) is 4.70. The van der Waals surface area contributed by atoms with Crippen LogP contribution in [0.3, 0.4) is 0 Å². The fraction of sp³-hybridized carbons (Fsp3) is 0.500. The zero-order chi connectivity index (χ0) is 11.4. The first-order valence-corrected chi connectivity index (χ1v) is 7.57. The molecule has 4 heteroatoms. The summed E-state index contributed by atoms with van der Waals surface area (Å²) >= 11 is 5.38. The van der Waals surface area contributed by atoms with E-state index in [-0.39, 0.29) is 0 Å². The van der Waals surface area contributed by atoms with Crippen molar-refractivity contribution < 1.29 is 0 Å². The highest BCUT2D eigenvalue weighted by Gasteiger charge is 2.12. The van der Waals surface area contributed by atoms with Gasteiger partial charge in [-0.1, -0.05) is 15.9 Å². The predicted octanol–water partition coefficient (Wildman–Crippen LogP) is 2.58. The van der Waals surface area contributed by atoms with Crippen molar-refractivity contribution in [3.8, 4) is 0 Å². The molecule has 0 amide bonds. The van der Waals surface area contributed by atoms with Crippen LogP contribution < -0.4 is 5.32 Å². The van der Waals surface area contributed by atoms with E-state index in [4.69, 9.17) is 0 Å². The summed E-state index contributed by atoms with van der Waals surface area (Å²) in [6.45, 7) is 5.60. The van der Waals surface area contributed by atoms with E-state index in [0.29, 0.717) is 0 Å². The third kappa shape index (κ3) is 3.23. The topological polar surface area (TPSA) is 15.3 Å². The minimum absolute atomic E-state index is 1.07. The summed E-state index contributed by atoms with van der Waals surface area (Å²) in [5, 5.41) is 3.38. The number of nitrogens with one attached hydrogen (secondary N) is 1. The summed E-state index contributed by atoms with van der Waals surface area (Å²) in [6.07, 6.45) is 2.14. The van der Waals surface area contributed by atoms with E-state index in [1.54, 1.807) is 0 Å². The molecule has 2 rings (SSSR count). The summed E-state index contributed by atoms with van der Waals surface area (Å²) < 4.78 is 1.18. The Labute approximate surface area is 110 Å². The van der Waals surface area contributed by atoms with Crippen LogP contribution in [0.1, 0.15) is 5.56 Å². The maximum atomic E-state index is 3.55. The van der Waals surface area contributed by atoms with Gasteiger partial charge in [-0.3, -0.25) is 4.90 Å². The van der Waals surface area contributed by atoms with Crippen molar-refractivity contribution in [3.05, 3.63) is 28.2 Å². The molecule has 1 aliphatic heterocycles. The van der Waals surface area contributed by atoms with Crippen molar-refractivity contribution >= 4 is 27.7 Å². The van der Waals surface area contributed by atoms with E-state index in [1.807, 2.05) is 11.8 Å². The minimum Gasteiger partial charge on any atom is -0.314 e. The average molecular weight is 301 g/mol. The Morgan fingerprint density at radius 1 is 1.38 bits per heavy atom. The fourth-order valence-corrected chi connectivity index (χ4v) is 2.98. The SMILES string of the molecule is CSc1ccc(Br)cc1CN1CCNCC1. The molecule has 0 bridgehead atoms. The maximum absolute atomic E-state index is 3.55. The number of halogens is 1. The largest absolute Gasteiger partial charge is 0.314 e. The van der Waals surface area contributed by atoms with Gasteiger partial charge in [0.05, 0.1) is 0 Å². The molecule has 0 unspecified atom stereocenters. The molecular weight excluding hydrogens is 284 g/mol. The molecule has 16 heavy (non-hydrogen) atoms. The van der Waals surface area contributed by atoms with Crippen LogP contribution in [0, 0.1) is 0 Å². The van der Waals surface area contributed by atoms with Crippen molar-refractivity contribution in [2.24, 2.45) is 0 Å². The number of piperazine rings is 1.